The molecule has 74 heavy (non-hydrogen) atoms. The number of fused-ring (bicyclic) bond motifs is 6. The Labute approximate surface area is 436 Å². The van der Waals surface area contributed by atoms with Crippen LogP contribution in [0, 0.1) is 0 Å². The molecule has 4 amide bonds. The highest BCUT2D eigenvalue weighted by Crippen LogP contribution is 2.52. The Bertz CT molecular complexity index is 2670. The molecule has 2 atom stereocenters. The lowest BCUT2D eigenvalue weighted by molar-refractivity contribution is -0.135. The van der Waals surface area contributed by atoms with Crippen LogP contribution in [0.3, 0.4) is 0 Å². The van der Waals surface area contributed by atoms with Crippen LogP contribution < -0.4 is 70.1 Å². The number of hydrogen-bond donors (Lipinski definition) is 7. The van der Waals surface area contributed by atoms with Crippen LogP contribution in [0.15, 0.2) is 48.5 Å². The zero-order chi connectivity index (χ0) is 53.4. The summed E-state index contributed by atoms with van der Waals surface area (Å²) in [5.41, 5.74) is 12.0. The van der Waals surface area contributed by atoms with Crippen molar-refractivity contribution in [1.82, 2.24) is 26.5 Å². The molecule has 0 fully saturated rings. The molecule has 2 aliphatic rings. The van der Waals surface area contributed by atoms with Crippen molar-refractivity contribution in [3.63, 3.8) is 0 Å². The van der Waals surface area contributed by atoms with E-state index in [0.29, 0.717) is 71.7 Å². The molecule has 0 saturated carbocycles. The summed E-state index contributed by atoms with van der Waals surface area (Å²) in [6.07, 6.45) is 2.43. The topological polar surface area (TPSA) is 283 Å². The fraction of sp³-hybridized carbons (Fsp3) is 0.412. The smallest absolute Gasteiger partial charge is 0.374 e. The van der Waals surface area contributed by atoms with Crippen LogP contribution in [0.4, 0.5) is 0 Å². The number of amides is 4. The van der Waals surface area contributed by atoms with Crippen LogP contribution in [0.5, 0.6) is 46.0 Å². The normalized spacial score (nSPS) is 13.7. The number of hydrogen-bond acceptors (Lipinski definition) is 17. The average Bonchev–Trinajstić information content (AvgIpc) is 3.60. The summed E-state index contributed by atoms with van der Waals surface area (Å²) >= 11 is 0. The lowest BCUT2D eigenvalue weighted by Gasteiger charge is -2.21. The number of ether oxygens (including phenoxy) is 8. The minimum Gasteiger partial charge on any atom is -0.493 e. The molecular formula is C51H66BClN6O15. The van der Waals surface area contributed by atoms with Crippen molar-refractivity contribution in [1.29, 1.82) is 0 Å². The Balaban J connectivity index is 0.000000317. The summed E-state index contributed by atoms with van der Waals surface area (Å²) in [6.45, 7) is 4.42. The minimum absolute atomic E-state index is 0. The molecule has 0 unspecified atom stereocenters. The van der Waals surface area contributed by atoms with Crippen molar-refractivity contribution in [2.24, 2.45) is 5.73 Å². The maximum atomic E-state index is 12.5. The van der Waals surface area contributed by atoms with Crippen LogP contribution in [0.2, 0.25) is 6.82 Å². The Morgan fingerprint density at radius 2 is 1.01 bits per heavy atom. The third-order valence-electron chi connectivity index (χ3n) is 11.8. The third-order valence-corrected chi connectivity index (χ3v) is 11.8. The molecule has 0 heterocycles. The van der Waals surface area contributed by atoms with Crippen LogP contribution in [0.25, 0.3) is 22.3 Å². The summed E-state index contributed by atoms with van der Waals surface area (Å²) < 4.78 is 44.8. The van der Waals surface area contributed by atoms with Gasteiger partial charge in [0, 0.05) is 38.1 Å². The number of methoxy groups -OCH3 is 6. The molecular weight excluding hydrogens is 983 g/mol. The molecule has 0 aliphatic heterocycles. The number of nitrogens with one attached hydrogen (secondary N) is 5. The van der Waals surface area contributed by atoms with Crippen molar-refractivity contribution >= 4 is 55.0 Å². The largest absolute Gasteiger partial charge is 0.493 e. The van der Waals surface area contributed by atoms with E-state index in [4.69, 9.17) is 43.6 Å². The van der Waals surface area contributed by atoms with Gasteiger partial charge in [-0.1, -0.05) is 12.1 Å². The average molecular weight is 1050 g/mol. The highest BCUT2D eigenvalue weighted by atomic mass is 35.5. The van der Waals surface area contributed by atoms with Crippen molar-refractivity contribution in [2.45, 2.75) is 71.3 Å². The van der Waals surface area contributed by atoms with E-state index in [0.717, 1.165) is 44.5 Å². The summed E-state index contributed by atoms with van der Waals surface area (Å²) in [5.74, 6) is 1.62. The summed E-state index contributed by atoms with van der Waals surface area (Å²) in [4.78, 5) is 71.8. The van der Waals surface area contributed by atoms with Gasteiger partial charge in [-0.15, -0.1) is 12.4 Å². The number of halogens is 1. The van der Waals surface area contributed by atoms with Crippen molar-refractivity contribution in [3.05, 3.63) is 70.8 Å². The van der Waals surface area contributed by atoms with Crippen molar-refractivity contribution < 1.29 is 71.7 Å². The second-order valence-electron chi connectivity index (χ2n) is 16.8. The lowest BCUT2D eigenvalue weighted by Crippen LogP contribution is -2.41. The zero-order valence-corrected chi connectivity index (χ0v) is 43.9. The van der Waals surface area contributed by atoms with E-state index in [1.54, 1.807) is 66.9 Å². The Hall–Kier alpha value is -7.27. The van der Waals surface area contributed by atoms with Crippen LogP contribution >= 0.6 is 12.4 Å². The van der Waals surface area contributed by atoms with Gasteiger partial charge in [-0.2, -0.15) is 0 Å². The van der Waals surface area contributed by atoms with E-state index in [9.17, 15) is 33.8 Å². The lowest BCUT2D eigenvalue weighted by atomic mass is 9.89. The minimum atomic E-state index is -0.810. The molecule has 4 aromatic rings. The second-order valence-corrected chi connectivity index (χ2v) is 16.8. The number of rotatable bonds is 20. The van der Waals surface area contributed by atoms with Gasteiger partial charge in [0.05, 0.1) is 80.7 Å². The first-order chi connectivity index (χ1) is 35.0. The Kier molecular flexibility index (Phi) is 22.6. The Morgan fingerprint density at radius 3 is 1.36 bits per heavy atom. The highest BCUT2D eigenvalue weighted by molar-refractivity contribution is 6.45. The molecule has 400 valence electrons. The first kappa shape index (κ1) is 59.3. The molecule has 0 bridgehead atoms. The van der Waals surface area contributed by atoms with E-state index in [-0.39, 0.29) is 87.1 Å². The second kappa shape index (κ2) is 28.3. The van der Waals surface area contributed by atoms with E-state index in [2.05, 4.69) is 26.5 Å². The fourth-order valence-electron chi connectivity index (χ4n) is 8.69. The number of benzene rings is 4. The van der Waals surface area contributed by atoms with Gasteiger partial charge in [0.2, 0.25) is 35.1 Å². The van der Waals surface area contributed by atoms with E-state index >= 15 is 0 Å². The molecule has 2 aliphatic carbocycles. The fourth-order valence-corrected chi connectivity index (χ4v) is 8.69. The standard InChI is InChI=1S/C26H34BN3O8.C25H31N3O7.ClH/c1-15(31)30-20-9-6-16-12-21(35-3)25(36-4)26(37-5)24(16)18-8-7-17(13-19(18)20)38-23(33)10-11-28-22(32)14-29-27(2)34;1-14(29)28-19-8-5-15-11-20(32-2)24(33-3)25(34-4)23(15)17-7-6-16(12-18(17)19)35-22(31)9-10-27-21(30)13-26;/h7-8,12-13,20,29,34H,6,9-11,14H2,1-5H3,(H,28,32)(H,30,31);6-7,11-12,19H,5,8-10,13,26H2,1-4H3,(H,27,30)(H,28,29);1H/t20-;19-;/m00./s1. The first-order valence-electron chi connectivity index (χ1n) is 23.5. The van der Waals surface area contributed by atoms with Crippen LogP contribution in [-0.4, -0.2) is 116 Å². The number of nitrogens with two attached hydrogens (primary N) is 1. The molecule has 0 radical (unpaired) electrons. The molecule has 0 saturated heterocycles. The molecule has 21 nitrogen and oxygen atoms in total. The van der Waals surface area contributed by atoms with E-state index in [1.807, 2.05) is 24.3 Å². The number of aryl methyl sites for hydroxylation is 2. The van der Waals surface area contributed by atoms with Gasteiger partial charge >= 0.3 is 19.0 Å². The SMILES string of the molecule is COc1cc2c(c(OC)c1OC)-c1ccc(OC(=O)CCNC(=O)CN)cc1[C@@H](NC(C)=O)CC2.COc1cc2c(c(OC)c1OC)-c1ccc(OC(=O)CCNC(=O)CNB(C)O)cc1[C@@H](NC(C)=O)CC2.Cl. The molecule has 23 heteroatoms. The molecule has 0 aromatic heterocycles. The zero-order valence-electron chi connectivity index (χ0n) is 43.1. The summed E-state index contributed by atoms with van der Waals surface area (Å²) in [5, 5.41) is 22.9. The quantitative estimate of drug-likeness (QED) is 0.0375. The van der Waals surface area contributed by atoms with Gasteiger partial charge in [-0.3, -0.25) is 28.8 Å². The van der Waals surface area contributed by atoms with Gasteiger partial charge in [0.15, 0.2) is 23.0 Å². The van der Waals surface area contributed by atoms with E-state index < -0.39 is 19.0 Å². The number of carbonyl (C=O) groups is 6. The summed E-state index contributed by atoms with van der Waals surface area (Å²) in [7, 11) is 8.52. The monoisotopic (exact) mass is 1050 g/mol. The predicted octanol–water partition coefficient (Wildman–Crippen LogP) is 3.91. The summed E-state index contributed by atoms with van der Waals surface area (Å²) in [6, 6.07) is 13.7. The van der Waals surface area contributed by atoms with Crippen LogP contribution in [0.1, 0.15) is 73.9 Å². The number of esters is 2. The number of carbonyl (C=O) groups excluding carboxylic acids is 6. The molecule has 4 aromatic carbocycles. The van der Waals surface area contributed by atoms with Gasteiger partial charge in [0.25, 0.3) is 0 Å². The van der Waals surface area contributed by atoms with Gasteiger partial charge in [-0.05, 0) is 102 Å². The Morgan fingerprint density at radius 1 is 0.608 bits per heavy atom. The maximum Gasteiger partial charge on any atom is 0.374 e. The van der Waals surface area contributed by atoms with Gasteiger partial charge < -0.3 is 75.1 Å². The molecule has 6 rings (SSSR count). The predicted molar refractivity (Wildman–Crippen MR) is 277 cm³/mol. The third kappa shape index (κ3) is 15.2. The molecule has 0 spiro atoms. The van der Waals surface area contributed by atoms with Crippen molar-refractivity contribution in [2.75, 3.05) is 68.8 Å². The highest BCUT2D eigenvalue weighted by Gasteiger charge is 2.32. The molecule has 8 N–H and O–H groups in total. The van der Waals surface area contributed by atoms with Crippen molar-refractivity contribution in [3.8, 4) is 68.2 Å². The van der Waals surface area contributed by atoms with Crippen LogP contribution in [-0.2, 0) is 41.6 Å². The first-order valence-corrected chi connectivity index (χ1v) is 23.5. The van der Waals surface area contributed by atoms with Gasteiger partial charge in [-0.25, -0.2) is 0 Å². The van der Waals surface area contributed by atoms with E-state index in [1.165, 1.54) is 20.7 Å². The maximum absolute atomic E-state index is 12.5. The van der Waals surface area contributed by atoms with Gasteiger partial charge in [0.1, 0.15) is 11.5 Å².